The smallest absolute Gasteiger partial charge is 0.304 e. The first-order chi connectivity index (χ1) is 21.7. The number of β-lactam (4-membered cyclic amide) rings is 1. The number of esters is 1. The molecule has 1 aromatic rings. The fourth-order valence-electron chi connectivity index (χ4n) is 6.15. The lowest BCUT2D eigenvalue weighted by molar-refractivity contribution is -0.156. The zero-order valence-electron chi connectivity index (χ0n) is 29.1. The van der Waals surface area contributed by atoms with Crippen LogP contribution in [0.25, 0.3) is 0 Å². The van der Waals surface area contributed by atoms with Crippen LogP contribution in [0.5, 0.6) is 11.5 Å². The van der Waals surface area contributed by atoms with Crippen LogP contribution in [0.3, 0.4) is 0 Å². The Balaban J connectivity index is 0.000000251. The minimum atomic E-state index is -0.933. The predicted molar refractivity (Wildman–Crippen MR) is 190 cm³/mol. The molecule has 46 heavy (non-hydrogen) atoms. The van der Waals surface area contributed by atoms with Crippen LogP contribution in [0, 0.1) is 5.92 Å². The Morgan fingerprint density at radius 3 is 2.43 bits per heavy atom. The summed E-state index contributed by atoms with van der Waals surface area (Å²) in [6.45, 7) is 15.5. The maximum absolute atomic E-state index is 12.9. The number of rotatable bonds is 16. The van der Waals surface area contributed by atoms with E-state index in [2.05, 4.69) is 20.8 Å². The van der Waals surface area contributed by atoms with Gasteiger partial charge in [0.2, 0.25) is 17.8 Å². The number of hydrogen-bond donors (Lipinski definition) is 0. The Bertz CT molecular complexity index is 1180. The highest BCUT2D eigenvalue weighted by Crippen LogP contribution is 2.55. The van der Waals surface area contributed by atoms with Crippen molar-refractivity contribution in [2.24, 2.45) is 5.92 Å². The summed E-state index contributed by atoms with van der Waals surface area (Å²) in [5.41, 5.74) is 1.17. The number of thioether (sulfide) groups is 2. The number of nitrogens with zero attached hydrogens (tertiary/aromatic N) is 1. The van der Waals surface area contributed by atoms with Gasteiger partial charge in [0.25, 0.3) is 0 Å². The van der Waals surface area contributed by atoms with Gasteiger partial charge >= 0.3 is 5.97 Å². The molecule has 0 saturated carbocycles. The predicted octanol–water partition coefficient (Wildman–Crippen LogP) is 7.87. The van der Waals surface area contributed by atoms with Crippen molar-refractivity contribution in [3.8, 4) is 11.5 Å². The van der Waals surface area contributed by atoms with Gasteiger partial charge in [-0.05, 0) is 83.3 Å². The molecule has 0 aromatic heterocycles. The first-order valence-corrected chi connectivity index (χ1v) is 20.0. The molecule has 1 amide bonds. The molecule has 0 spiro atoms. The Morgan fingerprint density at radius 2 is 1.76 bits per heavy atom. The van der Waals surface area contributed by atoms with Gasteiger partial charge in [-0.15, -0.1) is 11.8 Å². The summed E-state index contributed by atoms with van der Waals surface area (Å²) in [6, 6.07) is 5.53. The fraction of sp³-hybridized carbons (Fsp3) is 0.743. The standard InChI is InChI=1S/C18H28O3S.C17H27NO4S2/c1-3-4-5-6-7-8-11-22(19)15(2)12-16-9-10-17-18(13-16)21-14-20-17;1-7-8-9-11-13(20)18-12(16(3,4)23-14(11)18)15(21)24-17(5,6)22-10(2)19/h9-10,13,15H,3-8,11-12,14H2,1-2H3;11-12,14H,7-9H2,1-6H3/t;11-,12+,14-/m.1/s1. The number of carbonyl (C=O) groups is 3. The van der Waals surface area contributed by atoms with Gasteiger partial charge in [0, 0.05) is 18.1 Å². The fourth-order valence-corrected chi connectivity index (χ4v) is 10.4. The number of fused-ring (bicyclic) bond motifs is 2. The van der Waals surface area contributed by atoms with Crippen molar-refractivity contribution in [2.75, 3.05) is 12.5 Å². The van der Waals surface area contributed by atoms with Gasteiger partial charge in [-0.1, -0.05) is 69.6 Å². The largest absolute Gasteiger partial charge is 0.616 e. The third-order valence-electron chi connectivity index (χ3n) is 8.49. The summed E-state index contributed by atoms with van der Waals surface area (Å²) in [5.74, 6) is 2.17. The number of ether oxygens (including phenoxy) is 3. The molecule has 1 aromatic carbocycles. The lowest BCUT2D eigenvalue weighted by Crippen LogP contribution is -2.62. The van der Waals surface area contributed by atoms with Crippen LogP contribution in [0.2, 0.25) is 0 Å². The van der Waals surface area contributed by atoms with E-state index in [1.165, 1.54) is 44.6 Å². The maximum atomic E-state index is 12.9. The van der Waals surface area contributed by atoms with Crippen molar-refractivity contribution in [2.45, 2.75) is 146 Å². The van der Waals surface area contributed by atoms with Gasteiger partial charge in [-0.25, -0.2) is 0 Å². The van der Waals surface area contributed by atoms with Crippen LogP contribution >= 0.6 is 23.5 Å². The molecule has 0 N–H and O–H groups in total. The van der Waals surface area contributed by atoms with Gasteiger partial charge in [0.05, 0.1) is 11.3 Å². The summed E-state index contributed by atoms with van der Waals surface area (Å²) >= 11 is 1.98. The van der Waals surface area contributed by atoms with Crippen LogP contribution in [-0.2, 0) is 36.7 Å². The number of unbranched alkanes of at least 4 members (excludes halogenated alkanes) is 6. The van der Waals surface area contributed by atoms with Gasteiger partial charge < -0.3 is 23.7 Å². The first kappa shape index (κ1) is 38.9. The van der Waals surface area contributed by atoms with Crippen molar-refractivity contribution in [3.05, 3.63) is 23.8 Å². The quantitative estimate of drug-likeness (QED) is 0.0561. The molecule has 5 atom stereocenters. The molecule has 4 rings (SSSR count). The van der Waals surface area contributed by atoms with Gasteiger partial charge in [-0.3, -0.25) is 14.4 Å². The summed E-state index contributed by atoms with van der Waals surface area (Å²) in [4.78, 5) is 37.5. The second kappa shape index (κ2) is 17.7. The molecular formula is C35H55NO7S3. The SMILES string of the molecule is CCCCCCCC[S+]([O-])C(C)Cc1ccc2c(c1)OCO2.CCCC[C@@H]1C(=O)N2[C@@H]1SC(C)(C)[C@@H]2C(=O)SC(C)(C)OC(C)=O. The van der Waals surface area contributed by atoms with E-state index in [4.69, 9.17) is 14.2 Å². The monoisotopic (exact) mass is 697 g/mol. The summed E-state index contributed by atoms with van der Waals surface area (Å²) in [5, 5.41) is 0.185. The summed E-state index contributed by atoms with van der Waals surface area (Å²) < 4.78 is 27.9. The zero-order valence-corrected chi connectivity index (χ0v) is 31.5. The molecule has 3 aliphatic rings. The van der Waals surface area contributed by atoms with E-state index in [0.29, 0.717) is 6.79 Å². The van der Waals surface area contributed by atoms with E-state index >= 15 is 0 Å². The summed E-state index contributed by atoms with van der Waals surface area (Å²) in [7, 11) is 0. The van der Waals surface area contributed by atoms with Crippen LogP contribution in [-0.4, -0.2) is 65.3 Å². The number of hydrogen-bond acceptors (Lipinski definition) is 9. The van der Waals surface area contributed by atoms with Crippen LogP contribution in [0.15, 0.2) is 18.2 Å². The van der Waals surface area contributed by atoms with E-state index in [1.807, 2.05) is 32.0 Å². The van der Waals surface area contributed by atoms with E-state index in [0.717, 1.165) is 61.1 Å². The second-order valence-electron chi connectivity index (χ2n) is 13.5. The highest BCUT2D eigenvalue weighted by atomic mass is 32.2. The van der Waals surface area contributed by atoms with Gasteiger partial charge in [-0.2, -0.15) is 0 Å². The Morgan fingerprint density at radius 1 is 1.11 bits per heavy atom. The molecule has 2 saturated heterocycles. The molecule has 3 aliphatic heterocycles. The molecular weight excluding hydrogens is 643 g/mol. The van der Waals surface area contributed by atoms with E-state index < -0.39 is 28.1 Å². The third kappa shape index (κ3) is 10.7. The maximum Gasteiger partial charge on any atom is 0.304 e. The minimum Gasteiger partial charge on any atom is -0.616 e. The number of amides is 1. The first-order valence-electron chi connectivity index (χ1n) is 16.9. The van der Waals surface area contributed by atoms with Crippen LogP contribution < -0.4 is 9.47 Å². The highest BCUT2D eigenvalue weighted by Gasteiger charge is 2.63. The molecule has 11 heteroatoms. The van der Waals surface area contributed by atoms with E-state index in [1.54, 1.807) is 30.5 Å². The second-order valence-corrected chi connectivity index (χ2v) is 18.8. The molecule has 0 aliphatic carbocycles. The normalized spacial score (nSPS) is 22.3. The third-order valence-corrected chi connectivity index (χ3v) is 12.9. The van der Waals surface area contributed by atoms with Crippen molar-refractivity contribution in [1.82, 2.24) is 4.90 Å². The van der Waals surface area contributed by atoms with Gasteiger partial charge in [0.15, 0.2) is 16.4 Å². The zero-order chi connectivity index (χ0) is 34.1. The number of benzene rings is 1. The highest BCUT2D eigenvalue weighted by molar-refractivity contribution is 8.15. The molecule has 260 valence electrons. The molecule has 8 nitrogen and oxygen atoms in total. The van der Waals surface area contributed by atoms with Crippen molar-refractivity contribution >= 4 is 51.7 Å². The molecule has 3 heterocycles. The Hall–Kier alpha value is -1.56. The minimum absolute atomic E-state index is 0.0403. The lowest BCUT2D eigenvalue weighted by Gasteiger charge is -2.44. The number of carbonyl (C=O) groups excluding carboxylic acids is 3. The average molecular weight is 698 g/mol. The van der Waals surface area contributed by atoms with Crippen molar-refractivity contribution in [1.29, 1.82) is 0 Å². The molecule has 0 radical (unpaired) electrons. The van der Waals surface area contributed by atoms with Crippen molar-refractivity contribution < 1.29 is 33.1 Å². The molecule has 0 bridgehead atoms. The van der Waals surface area contributed by atoms with E-state index in [9.17, 15) is 18.9 Å². The van der Waals surface area contributed by atoms with Crippen LogP contribution in [0.4, 0.5) is 0 Å². The van der Waals surface area contributed by atoms with Crippen LogP contribution in [0.1, 0.15) is 119 Å². The molecule has 2 unspecified atom stereocenters. The molecule has 2 fully saturated rings. The van der Waals surface area contributed by atoms with E-state index in [-0.39, 0.29) is 32.3 Å². The Kier molecular flexibility index (Phi) is 15.0. The van der Waals surface area contributed by atoms with Crippen molar-refractivity contribution in [3.63, 3.8) is 0 Å². The topological polar surface area (TPSA) is 105 Å². The lowest BCUT2D eigenvalue weighted by atomic mass is 9.89. The summed E-state index contributed by atoms with van der Waals surface area (Å²) in [6.07, 6.45) is 11.3. The Labute approximate surface area is 288 Å². The average Bonchev–Trinajstić information content (AvgIpc) is 3.53. The van der Waals surface area contributed by atoms with Gasteiger partial charge in [0.1, 0.15) is 17.0 Å².